The number of nitrogens with zero attached hydrogens (tertiary/aromatic N) is 12. The molecule has 0 amide bonds. The molecule has 4 heterocycles. The third-order valence-electron chi connectivity index (χ3n) is 20.8. The minimum atomic E-state index is -0.375. The van der Waals surface area contributed by atoms with Crippen molar-refractivity contribution in [2.24, 2.45) is 28.6 Å². The van der Waals surface area contributed by atoms with Crippen LogP contribution in [-0.4, -0.2) is 149 Å². The van der Waals surface area contributed by atoms with Gasteiger partial charge in [-0.1, -0.05) is 59.3 Å². The van der Waals surface area contributed by atoms with Crippen molar-refractivity contribution in [3.8, 4) is 45.6 Å². The van der Waals surface area contributed by atoms with Gasteiger partial charge < -0.3 is 40.9 Å². The van der Waals surface area contributed by atoms with Gasteiger partial charge in [-0.2, -0.15) is 0 Å². The molecule has 14 rings (SSSR count). The molecule has 14 unspecified atom stereocenters. The van der Waals surface area contributed by atoms with E-state index >= 15 is 0 Å². The Balaban J connectivity index is 0.000000332. The predicted molar refractivity (Wildman–Crippen MR) is 406 cm³/mol. The molecule has 6 fully saturated rings. The van der Waals surface area contributed by atoms with Gasteiger partial charge in [0.2, 0.25) is 0 Å². The molecule has 24 heteroatoms. The first-order chi connectivity index (χ1) is 49.8. The average Bonchev–Trinajstić information content (AvgIpc) is 1.55. The topological polar surface area (TPSA) is 317 Å². The number of fused-ring (bicyclic) bond motifs is 4. The Morgan fingerprint density at radius 2 is 0.676 bits per heavy atom. The standard InChI is InChI=1S/C19H22N3.C16H16N3.C15H16N3.C14H14N3.4C5H12O2.4Ir/c1-18(2)14-9-10-19(18,3)15(11-14)17-21-12-20-16(22-17)13-7-5-4-6-8-13;1-2-4-12(5-3-1)15-17-10-18-16(19-15)14-9-11-6-7-13(14)8-11;1-3-7-12(8-4-1)14-16-11-17-15(18-14)13-9-5-2-6-10-13;1-2-6-11(7-3-1)13-15-10-16-14(17-13)12-8-4-5-9-12;4*1-4(6)3-5(2)7;;;;/h4-7,12,14-15H,9-11H2,1-3H3;1-4,10-11,13-14H,6-9H2;1,3-4,7,11,13H,2,5-6,9-10H2;1-3,6,10,12H,4-5,8-9H2;4*4-7H,3H2,1-2H3;;;;/q4*-1;;;;;;;;. The Hall–Kier alpha value is -4.80. The van der Waals surface area contributed by atoms with Crippen LogP contribution in [0.5, 0.6) is 0 Å². The van der Waals surface area contributed by atoms with Crippen molar-refractivity contribution in [2.45, 2.75) is 277 Å². The van der Waals surface area contributed by atoms with E-state index in [1.165, 1.54) is 103 Å². The number of hydrogen-bond donors (Lipinski definition) is 8. The number of aliphatic hydroxyl groups excluding tert-OH is 8. The second-order valence-corrected chi connectivity index (χ2v) is 30.3. The van der Waals surface area contributed by atoms with Gasteiger partial charge in [0, 0.05) is 104 Å². The average molecular weight is 2190 g/mol. The molecule has 14 atom stereocenters. The Labute approximate surface area is 696 Å². The molecule has 600 valence electrons. The minimum Gasteiger partial charge on any atom is -0.393 e. The smallest absolute Gasteiger partial charge is 0.126 e. The molecule has 8 aromatic rings. The fourth-order valence-electron chi connectivity index (χ4n) is 15.3. The van der Waals surface area contributed by atoms with Crippen LogP contribution in [0.3, 0.4) is 0 Å². The van der Waals surface area contributed by atoms with Gasteiger partial charge in [0.05, 0.1) is 72.1 Å². The Bertz CT molecular complexity index is 3600. The molecule has 0 spiro atoms. The molecule has 0 saturated heterocycles. The first-order valence-electron chi connectivity index (χ1n) is 37.9. The predicted octanol–water partition coefficient (Wildman–Crippen LogP) is 14.4. The van der Waals surface area contributed by atoms with Crippen LogP contribution in [0.1, 0.15) is 252 Å². The Morgan fingerprint density at radius 3 is 0.944 bits per heavy atom. The van der Waals surface area contributed by atoms with Gasteiger partial charge in [-0.05, 0) is 174 Å². The van der Waals surface area contributed by atoms with Gasteiger partial charge in [-0.15, -0.1) is 144 Å². The van der Waals surface area contributed by atoms with Gasteiger partial charge in [-0.3, -0.25) is 39.9 Å². The van der Waals surface area contributed by atoms with Crippen molar-refractivity contribution >= 4 is 0 Å². The van der Waals surface area contributed by atoms with Crippen LogP contribution < -0.4 is 0 Å². The maximum Gasteiger partial charge on any atom is 0.126 e. The van der Waals surface area contributed by atoms with Gasteiger partial charge in [-0.25, -0.2) is 19.9 Å². The number of aliphatic hydroxyl groups is 8. The third-order valence-corrected chi connectivity index (χ3v) is 20.8. The molecule has 4 bridgehead atoms. The van der Waals surface area contributed by atoms with Crippen LogP contribution in [0.4, 0.5) is 0 Å². The van der Waals surface area contributed by atoms with E-state index < -0.39 is 0 Å². The number of benzene rings is 4. The quantitative estimate of drug-likeness (QED) is 0.0417. The zero-order chi connectivity index (χ0) is 75.2. The number of hydrogen-bond acceptors (Lipinski definition) is 20. The maximum absolute atomic E-state index is 8.56. The molecule has 108 heavy (non-hydrogen) atoms. The van der Waals surface area contributed by atoms with Crippen molar-refractivity contribution in [1.29, 1.82) is 0 Å². The summed E-state index contributed by atoms with van der Waals surface area (Å²) in [6, 6.07) is 44.0. The zero-order valence-electron chi connectivity index (χ0n) is 64.6. The van der Waals surface area contributed by atoms with E-state index in [1.54, 1.807) is 80.7 Å². The van der Waals surface area contributed by atoms with E-state index in [1.807, 2.05) is 97.1 Å². The van der Waals surface area contributed by atoms with Crippen LogP contribution in [0.2, 0.25) is 0 Å². The Morgan fingerprint density at radius 1 is 0.361 bits per heavy atom. The summed E-state index contributed by atoms with van der Waals surface area (Å²) >= 11 is 0. The minimum absolute atomic E-state index is 0. The molecular weight excluding hydrogens is 2070 g/mol. The zero-order valence-corrected chi connectivity index (χ0v) is 74.2. The molecule has 4 aromatic carbocycles. The van der Waals surface area contributed by atoms with Crippen molar-refractivity contribution in [3.05, 3.63) is 170 Å². The van der Waals surface area contributed by atoms with Crippen LogP contribution in [0.15, 0.2) is 122 Å². The van der Waals surface area contributed by atoms with Gasteiger partial charge >= 0.3 is 0 Å². The van der Waals surface area contributed by atoms with E-state index in [-0.39, 0.29) is 129 Å². The van der Waals surface area contributed by atoms with E-state index in [4.69, 9.17) is 50.8 Å². The molecule has 6 saturated carbocycles. The second-order valence-electron chi connectivity index (χ2n) is 30.3. The summed E-state index contributed by atoms with van der Waals surface area (Å²) in [5.74, 6) is 11.4. The fourth-order valence-corrected chi connectivity index (χ4v) is 15.3. The van der Waals surface area contributed by atoms with Gasteiger partial charge in [0.25, 0.3) is 0 Å². The summed E-state index contributed by atoms with van der Waals surface area (Å²) in [5.41, 5.74) is 4.46. The summed E-state index contributed by atoms with van der Waals surface area (Å²) in [7, 11) is 0. The van der Waals surface area contributed by atoms with Gasteiger partial charge in [0.1, 0.15) is 48.6 Å². The largest absolute Gasteiger partial charge is 0.393 e. The monoisotopic (exact) mass is 2190 g/mol. The van der Waals surface area contributed by atoms with E-state index in [0.717, 1.165) is 86.6 Å². The van der Waals surface area contributed by atoms with E-state index in [2.05, 4.69) is 94.9 Å². The summed E-state index contributed by atoms with van der Waals surface area (Å²) in [4.78, 5) is 53.4. The summed E-state index contributed by atoms with van der Waals surface area (Å²) in [6.45, 7) is 20.6. The molecule has 8 N–H and O–H groups in total. The molecular formula is C84H116Ir4N12O8-4. The van der Waals surface area contributed by atoms with Gasteiger partial charge in [0.15, 0.2) is 0 Å². The maximum atomic E-state index is 8.56. The third kappa shape index (κ3) is 32.0. The molecule has 4 radical (unpaired) electrons. The molecule has 6 aliphatic carbocycles. The van der Waals surface area contributed by atoms with Crippen molar-refractivity contribution in [3.63, 3.8) is 0 Å². The number of rotatable bonds is 16. The molecule has 4 aromatic heterocycles. The van der Waals surface area contributed by atoms with Crippen molar-refractivity contribution < 1.29 is 121 Å². The molecule has 20 nitrogen and oxygen atoms in total. The molecule has 6 aliphatic rings. The van der Waals surface area contributed by atoms with Crippen LogP contribution in [-0.2, 0) is 80.4 Å². The summed E-state index contributed by atoms with van der Waals surface area (Å²) < 4.78 is 0. The SMILES string of the molecule is CC(O)CC(C)O.CC(O)CC(C)O.CC(O)CC(C)O.CC(O)CC(C)O.CC1(C)C2CCC1(C)C(c1ncnc(-c3[c-]cccc3)n1)C2.[Ir].[Ir].[Ir].[Ir].[c-]1ccccc1-c1ncnc(C2CC3CCC2C3)n1.[c-]1ccccc1-c1ncnc(C2CCCC2)n1.[c-]1ccccc1-c1ncnc(C2CCCCC2)n1. The summed E-state index contributed by atoms with van der Waals surface area (Å²) in [5, 5.41) is 68.5. The fraction of sp³-hybridized carbons (Fsp3) is 0.571. The first-order valence-corrected chi connectivity index (χ1v) is 37.9. The number of aromatic nitrogens is 12. The van der Waals surface area contributed by atoms with Crippen molar-refractivity contribution in [2.75, 3.05) is 0 Å². The normalized spacial score (nSPS) is 21.9. The Kier molecular flexibility index (Phi) is 45.4. The van der Waals surface area contributed by atoms with Crippen LogP contribution >= 0.6 is 0 Å². The van der Waals surface area contributed by atoms with Crippen molar-refractivity contribution in [1.82, 2.24) is 59.8 Å². The molecule has 0 aliphatic heterocycles. The first kappa shape index (κ1) is 97.4. The summed E-state index contributed by atoms with van der Waals surface area (Å²) in [6.07, 6.45) is 26.1. The second kappa shape index (κ2) is 50.3. The van der Waals surface area contributed by atoms with Crippen LogP contribution in [0.25, 0.3) is 45.6 Å². The van der Waals surface area contributed by atoms with Crippen LogP contribution in [0, 0.1) is 52.8 Å². The van der Waals surface area contributed by atoms with E-state index in [9.17, 15) is 0 Å². The van der Waals surface area contributed by atoms with E-state index in [0.29, 0.717) is 60.2 Å².